The molecule has 1 aromatic rings. The van der Waals surface area contributed by atoms with E-state index >= 15 is 0 Å². The molecule has 1 N–H and O–H groups in total. The van der Waals surface area contributed by atoms with Gasteiger partial charge in [0.25, 0.3) is 0 Å². The predicted octanol–water partition coefficient (Wildman–Crippen LogP) is 1.73. The monoisotopic (exact) mass is 276 g/mol. The third-order valence-electron chi connectivity index (χ3n) is 3.88. The number of carbonyl (C=O) groups excluding carboxylic acids is 1. The molecule has 2 unspecified atom stereocenters. The molecule has 108 valence electrons. The molecular formula is C15H20N2O3. The number of carboxylic acids is 1. The first-order chi connectivity index (χ1) is 9.59. The molecule has 2 rings (SSSR count). The highest BCUT2D eigenvalue weighted by Crippen LogP contribution is 2.24. The number of aromatic nitrogens is 1. The number of piperidine rings is 1. The highest BCUT2D eigenvalue weighted by molar-refractivity contribution is 5.84. The second-order valence-electron chi connectivity index (χ2n) is 5.35. The topological polar surface area (TPSA) is 70.5 Å². The van der Waals surface area contributed by atoms with Crippen LogP contribution in [0, 0.1) is 5.92 Å². The number of aryl methyl sites for hydroxylation is 1. The van der Waals surface area contributed by atoms with Crippen LogP contribution in [0.2, 0.25) is 0 Å². The van der Waals surface area contributed by atoms with Gasteiger partial charge in [-0.2, -0.15) is 0 Å². The number of pyridine rings is 1. The molecule has 0 bridgehead atoms. The number of aliphatic carboxylic acids is 1. The van der Waals surface area contributed by atoms with E-state index in [2.05, 4.69) is 4.98 Å². The number of amides is 1. The van der Waals surface area contributed by atoms with E-state index in [-0.39, 0.29) is 11.8 Å². The van der Waals surface area contributed by atoms with E-state index in [4.69, 9.17) is 0 Å². The van der Waals surface area contributed by atoms with Gasteiger partial charge in [-0.1, -0.05) is 6.92 Å². The van der Waals surface area contributed by atoms with Gasteiger partial charge in [-0.05, 0) is 42.9 Å². The van der Waals surface area contributed by atoms with Gasteiger partial charge in [0, 0.05) is 25.4 Å². The van der Waals surface area contributed by atoms with Gasteiger partial charge in [0.2, 0.25) is 5.91 Å². The molecule has 1 saturated heterocycles. The van der Waals surface area contributed by atoms with E-state index in [0.717, 1.165) is 18.4 Å². The Bertz CT molecular complexity index is 475. The molecule has 5 heteroatoms. The Kier molecular flexibility index (Phi) is 4.71. The minimum atomic E-state index is -0.894. The molecule has 1 aliphatic heterocycles. The summed E-state index contributed by atoms with van der Waals surface area (Å²) in [6, 6.07) is 3.08. The third kappa shape index (κ3) is 3.35. The first-order valence-corrected chi connectivity index (χ1v) is 7.01. The fourth-order valence-electron chi connectivity index (χ4n) is 2.79. The molecule has 2 heterocycles. The Morgan fingerprint density at radius 2 is 2.10 bits per heavy atom. The average Bonchev–Trinajstić information content (AvgIpc) is 2.45. The summed E-state index contributed by atoms with van der Waals surface area (Å²) in [5.74, 6) is -0.943. The van der Waals surface area contributed by atoms with Crippen LogP contribution in [0.5, 0.6) is 0 Å². The molecule has 20 heavy (non-hydrogen) atoms. The zero-order chi connectivity index (χ0) is 14.5. The fourth-order valence-corrected chi connectivity index (χ4v) is 2.79. The molecule has 1 fully saturated rings. The maximum atomic E-state index is 12.3. The molecule has 1 aliphatic rings. The average molecular weight is 276 g/mol. The normalized spacial score (nSPS) is 22.6. The molecule has 0 aromatic carbocycles. The smallest absolute Gasteiger partial charge is 0.326 e. The maximum Gasteiger partial charge on any atom is 0.326 e. The van der Waals surface area contributed by atoms with Crippen molar-refractivity contribution in [2.75, 3.05) is 6.54 Å². The zero-order valence-corrected chi connectivity index (χ0v) is 11.7. The standard InChI is InChI=1S/C15H20N2O3/c1-11-3-2-10-17(14(11)15(19)20)13(18)5-4-12-6-8-16-9-7-12/h6-9,11,14H,2-5,10H2,1H3,(H,19,20). The summed E-state index contributed by atoms with van der Waals surface area (Å²) < 4.78 is 0. The van der Waals surface area contributed by atoms with Gasteiger partial charge < -0.3 is 10.0 Å². The van der Waals surface area contributed by atoms with Crippen LogP contribution in [0.3, 0.4) is 0 Å². The first-order valence-electron chi connectivity index (χ1n) is 7.01. The fraction of sp³-hybridized carbons (Fsp3) is 0.533. The Balaban J connectivity index is 1.98. The van der Waals surface area contributed by atoms with Crippen molar-refractivity contribution in [2.24, 2.45) is 5.92 Å². The van der Waals surface area contributed by atoms with Gasteiger partial charge in [0.1, 0.15) is 6.04 Å². The summed E-state index contributed by atoms with van der Waals surface area (Å²) in [7, 11) is 0. The number of hydrogen-bond acceptors (Lipinski definition) is 3. The van der Waals surface area contributed by atoms with E-state index in [1.807, 2.05) is 19.1 Å². The second-order valence-corrected chi connectivity index (χ2v) is 5.35. The summed E-state index contributed by atoms with van der Waals surface area (Å²) >= 11 is 0. The number of nitrogens with zero attached hydrogens (tertiary/aromatic N) is 2. The van der Waals surface area contributed by atoms with Crippen LogP contribution in [0.1, 0.15) is 31.7 Å². The molecule has 0 saturated carbocycles. The molecule has 0 aliphatic carbocycles. The Morgan fingerprint density at radius 1 is 1.40 bits per heavy atom. The molecule has 0 spiro atoms. The van der Waals surface area contributed by atoms with Crippen LogP contribution in [0.25, 0.3) is 0 Å². The Hall–Kier alpha value is -1.91. The highest BCUT2D eigenvalue weighted by atomic mass is 16.4. The SMILES string of the molecule is CC1CCCN(C(=O)CCc2ccncc2)C1C(=O)O. The summed E-state index contributed by atoms with van der Waals surface area (Å²) in [6.45, 7) is 2.46. The number of rotatable bonds is 4. The van der Waals surface area contributed by atoms with Gasteiger partial charge in [-0.3, -0.25) is 9.78 Å². The summed E-state index contributed by atoms with van der Waals surface area (Å²) in [5.41, 5.74) is 1.05. The first kappa shape index (κ1) is 14.5. The summed E-state index contributed by atoms with van der Waals surface area (Å²) in [6.07, 6.45) is 6.11. The van der Waals surface area contributed by atoms with Crippen molar-refractivity contribution in [3.63, 3.8) is 0 Å². The van der Waals surface area contributed by atoms with E-state index in [1.54, 1.807) is 12.4 Å². The van der Waals surface area contributed by atoms with Gasteiger partial charge in [-0.25, -0.2) is 4.79 Å². The highest BCUT2D eigenvalue weighted by Gasteiger charge is 2.36. The lowest BCUT2D eigenvalue weighted by atomic mass is 9.90. The van der Waals surface area contributed by atoms with E-state index in [0.29, 0.717) is 19.4 Å². The number of carboxylic acid groups (broad SMARTS) is 1. The lowest BCUT2D eigenvalue weighted by Crippen LogP contribution is -2.51. The maximum absolute atomic E-state index is 12.3. The van der Waals surface area contributed by atoms with Gasteiger partial charge in [-0.15, -0.1) is 0 Å². The quantitative estimate of drug-likeness (QED) is 0.909. The minimum Gasteiger partial charge on any atom is -0.480 e. The zero-order valence-electron chi connectivity index (χ0n) is 11.7. The minimum absolute atomic E-state index is 0.0196. The molecule has 1 aromatic heterocycles. The molecule has 5 nitrogen and oxygen atoms in total. The van der Waals surface area contributed by atoms with Crippen molar-refractivity contribution in [1.29, 1.82) is 0 Å². The molecule has 1 amide bonds. The number of likely N-dealkylation sites (tertiary alicyclic amines) is 1. The largest absolute Gasteiger partial charge is 0.480 e. The van der Waals surface area contributed by atoms with Gasteiger partial charge >= 0.3 is 5.97 Å². The van der Waals surface area contributed by atoms with Crippen LogP contribution < -0.4 is 0 Å². The van der Waals surface area contributed by atoms with Crippen LogP contribution in [0.4, 0.5) is 0 Å². The van der Waals surface area contributed by atoms with Crippen LogP contribution >= 0.6 is 0 Å². The van der Waals surface area contributed by atoms with Crippen LogP contribution in [-0.2, 0) is 16.0 Å². The van der Waals surface area contributed by atoms with Crippen molar-refractivity contribution >= 4 is 11.9 Å². The number of carbonyl (C=O) groups is 2. The van der Waals surface area contributed by atoms with Crippen molar-refractivity contribution < 1.29 is 14.7 Å². The Labute approximate surface area is 118 Å². The van der Waals surface area contributed by atoms with E-state index in [9.17, 15) is 14.7 Å². The Morgan fingerprint density at radius 3 is 2.75 bits per heavy atom. The summed E-state index contributed by atoms with van der Waals surface area (Å²) in [4.78, 5) is 29.1. The van der Waals surface area contributed by atoms with Crippen molar-refractivity contribution in [3.05, 3.63) is 30.1 Å². The lowest BCUT2D eigenvalue weighted by molar-refractivity contribution is -0.154. The van der Waals surface area contributed by atoms with E-state index in [1.165, 1.54) is 4.90 Å². The lowest BCUT2D eigenvalue weighted by Gasteiger charge is -2.37. The van der Waals surface area contributed by atoms with Gasteiger partial charge in [0.15, 0.2) is 0 Å². The molecule has 0 radical (unpaired) electrons. The summed E-state index contributed by atoms with van der Waals surface area (Å²) in [5, 5.41) is 9.31. The third-order valence-corrected chi connectivity index (χ3v) is 3.88. The van der Waals surface area contributed by atoms with E-state index < -0.39 is 12.0 Å². The number of hydrogen-bond donors (Lipinski definition) is 1. The van der Waals surface area contributed by atoms with Crippen LogP contribution in [0.15, 0.2) is 24.5 Å². The van der Waals surface area contributed by atoms with Crippen molar-refractivity contribution in [1.82, 2.24) is 9.88 Å². The van der Waals surface area contributed by atoms with Crippen molar-refractivity contribution in [2.45, 2.75) is 38.6 Å². The van der Waals surface area contributed by atoms with Crippen LogP contribution in [-0.4, -0.2) is 39.5 Å². The predicted molar refractivity (Wildman–Crippen MR) is 74.1 cm³/mol. The molecular weight excluding hydrogens is 256 g/mol. The molecule has 2 atom stereocenters. The van der Waals surface area contributed by atoms with Gasteiger partial charge in [0.05, 0.1) is 0 Å². The van der Waals surface area contributed by atoms with Crippen molar-refractivity contribution in [3.8, 4) is 0 Å². The second kappa shape index (κ2) is 6.50.